The second kappa shape index (κ2) is 7.41. The first-order chi connectivity index (χ1) is 14.9. The van der Waals surface area contributed by atoms with Gasteiger partial charge in [0.2, 0.25) is 0 Å². The molecular weight excluding hydrogens is 408 g/mol. The number of rotatable bonds is 2. The van der Waals surface area contributed by atoms with Gasteiger partial charge in [-0.15, -0.1) is 0 Å². The van der Waals surface area contributed by atoms with E-state index in [9.17, 15) is 4.79 Å². The van der Waals surface area contributed by atoms with Crippen molar-refractivity contribution >= 4 is 14.1 Å². The van der Waals surface area contributed by atoms with Gasteiger partial charge in [0, 0.05) is 18.9 Å². The topological polar surface area (TPSA) is 26.3 Å². The van der Waals surface area contributed by atoms with E-state index in [0.717, 1.165) is 43.4 Å². The molecule has 4 saturated carbocycles. The van der Waals surface area contributed by atoms with Gasteiger partial charge in [-0.3, -0.25) is 4.79 Å². The van der Waals surface area contributed by atoms with Crippen molar-refractivity contribution < 1.29 is 9.22 Å². The van der Waals surface area contributed by atoms with Crippen molar-refractivity contribution in [1.29, 1.82) is 0 Å². The Bertz CT molecular complexity index is 848. The van der Waals surface area contributed by atoms with Crippen molar-refractivity contribution in [2.24, 2.45) is 34.5 Å². The molecule has 0 unspecified atom stereocenters. The lowest BCUT2D eigenvalue weighted by molar-refractivity contribution is -0.118. The number of Topliss-reactive ketones (excluding diaryl/α,β-unsaturated/α-hetero) is 1. The fraction of sp³-hybridized carbons (Fsp3) is 0.828. The molecule has 0 amide bonds. The summed E-state index contributed by atoms with van der Waals surface area (Å²) in [4.78, 5) is 12.2. The molecule has 5 aliphatic rings. The summed E-state index contributed by atoms with van der Waals surface area (Å²) in [7, 11) is -1.72. The number of allylic oxidation sites excluding steroid dienone is 2. The summed E-state index contributed by atoms with van der Waals surface area (Å²) in [6.07, 6.45) is 14.5. The molecule has 2 nitrogen and oxygen atoms in total. The third-order valence-electron chi connectivity index (χ3n) is 11.5. The second-order valence-corrected chi connectivity index (χ2v) is 18.7. The molecule has 0 aliphatic heterocycles. The number of hydrogen-bond donors (Lipinski definition) is 0. The smallest absolute Gasteiger partial charge is 0.192 e. The second-order valence-electron chi connectivity index (χ2n) is 14.0. The van der Waals surface area contributed by atoms with Crippen LogP contribution < -0.4 is 0 Å². The van der Waals surface area contributed by atoms with Gasteiger partial charge in [0.05, 0.1) is 0 Å². The summed E-state index contributed by atoms with van der Waals surface area (Å²) in [5.41, 5.74) is 3.71. The number of ketones is 1. The molecule has 0 radical (unpaired) electrons. The Morgan fingerprint density at radius 3 is 2.53 bits per heavy atom. The molecule has 0 aromatic heterocycles. The predicted molar refractivity (Wildman–Crippen MR) is 135 cm³/mol. The van der Waals surface area contributed by atoms with Crippen molar-refractivity contribution in [2.45, 2.75) is 116 Å². The van der Waals surface area contributed by atoms with E-state index in [1.165, 1.54) is 44.1 Å². The first-order valence-corrected chi connectivity index (χ1v) is 16.4. The number of hydrogen-bond acceptors (Lipinski definition) is 2. The van der Waals surface area contributed by atoms with Crippen LogP contribution in [-0.2, 0) is 9.22 Å². The minimum atomic E-state index is -1.72. The number of carbonyl (C=O) groups is 1. The monoisotopic (exact) mass is 454 g/mol. The summed E-state index contributed by atoms with van der Waals surface area (Å²) in [5, 5.41) is 0.277. The maximum atomic E-state index is 12.2. The third kappa shape index (κ3) is 3.39. The molecule has 0 aromatic rings. The van der Waals surface area contributed by atoms with Crippen molar-refractivity contribution in [3.63, 3.8) is 0 Å². The van der Waals surface area contributed by atoms with Crippen LogP contribution in [-0.4, -0.2) is 20.2 Å². The standard InChI is InChI=1S/C29H46O2Si/c1-19-25-17-26-24(23(25)12-15-29(19)14-10-21(30)18-29)9-8-20-16-22(11-13-28(20,26)5)31-32(6,7)27(2,3)4/h8,22-26H,1,9-18H2,2-7H3/t22-,23-,24-,25-,26-,28-,29-/m0/s1. The Kier molecular flexibility index (Phi) is 5.35. The summed E-state index contributed by atoms with van der Waals surface area (Å²) in [6, 6.07) is 0. The van der Waals surface area contributed by atoms with Crippen LogP contribution >= 0.6 is 0 Å². The molecule has 5 rings (SSSR count). The van der Waals surface area contributed by atoms with E-state index in [0.29, 0.717) is 23.2 Å². The lowest BCUT2D eigenvalue weighted by Gasteiger charge is -2.51. The third-order valence-corrected chi connectivity index (χ3v) is 16.0. The summed E-state index contributed by atoms with van der Waals surface area (Å²) < 4.78 is 6.89. The lowest BCUT2D eigenvalue weighted by Crippen LogP contribution is -2.47. The minimum absolute atomic E-state index is 0.164. The Morgan fingerprint density at radius 1 is 1.12 bits per heavy atom. The Morgan fingerprint density at radius 2 is 1.88 bits per heavy atom. The summed E-state index contributed by atoms with van der Waals surface area (Å²) in [5.74, 6) is 3.59. The first kappa shape index (κ1) is 23.1. The summed E-state index contributed by atoms with van der Waals surface area (Å²) >= 11 is 0. The van der Waals surface area contributed by atoms with E-state index in [4.69, 9.17) is 11.0 Å². The SMILES string of the molecule is C=C1[C@@H]2C[C@H]3[C@@H](CC=C4C[C@@H](O[Si](C)(C)C(C)(C)C)CC[C@@]43C)[C@@H]2CC[C@]12CCC(=O)C2. The molecule has 0 saturated heterocycles. The zero-order chi connectivity index (χ0) is 23.1. The maximum Gasteiger partial charge on any atom is 0.192 e. The number of carbonyl (C=O) groups excluding carboxylic acids is 1. The quantitative estimate of drug-likeness (QED) is 0.313. The van der Waals surface area contributed by atoms with Crippen LogP contribution in [0.1, 0.15) is 91.9 Å². The maximum absolute atomic E-state index is 12.2. The highest BCUT2D eigenvalue weighted by atomic mass is 28.4. The van der Waals surface area contributed by atoms with Crippen molar-refractivity contribution in [1.82, 2.24) is 0 Å². The van der Waals surface area contributed by atoms with Crippen LogP contribution in [0.2, 0.25) is 18.1 Å². The van der Waals surface area contributed by atoms with Gasteiger partial charge in [-0.25, -0.2) is 0 Å². The van der Waals surface area contributed by atoms with Gasteiger partial charge < -0.3 is 4.43 Å². The molecule has 32 heavy (non-hydrogen) atoms. The highest BCUT2D eigenvalue weighted by molar-refractivity contribution is 6.74. The van der Waals surface area contributed by atoms with Gasteiger partial charge in [-0.2, -0.15) is 0 Å². The van der Waals surface area contributed by atoms with E-state index in [1.807, 2.05) is 0 Å². The molecule has 7 atom stereocenters. The Labute approximate surface area is 197 Å². The largest absolute Gasteiger partial charge is 0.414 e. The molecule has 4 fully saturated rings. The minimum Gasteiger partial charge on any atom is -0.414 e. The molecule has 0 aromatic carbocycles. The average Bonchev–Trinajstić information content (AvgIpc) is 3.27. The van der Waals surface area contributed by atoms with Gasteiger partial charge >= 0.3 is 0 Å². The zero-order valence-corrected chi connectivity index (χ0v) is 22.6. The Balaban J connectivity index is 1.33. The van der Waals surface area contributed by atoms with Crippen LogP contribution in [0.4, 0.5) is 0 Å². The van der Waals surface area contributed by atoms with Gasteiger partial charge in [0.25, 0.3) is 0 Å². The molecule has 178 valence electrons. The molecule has 1 spiro atoms. The van der Waals surface area contributed by atoms with E-state index in [2.05, 4.69) is 46.9 Å². The highest BCUT2D eigenvalue weighted by Crippen LogP contribution is 2.67. The fourth-order valence-electron chi connectivity index (χ4n) is 8.44. The molecule has 3 heteroatoms. The zero-order valence-electron chi connectivity index (χ0n) is 21.6. The van der Waals surface area contributed by atoms with Gasteiger partial charge in [-0.05, 0) is 104 Å². The number of fused-ring (bicyclic) bond motifs is 5. The molecular formula is C29H46O2Si. The highest BCUT2D eigenvalue weighted by Gasteiger charge is 2.59. The van der Waals surface area contributed by atoms with Crippen LogP contribution in [0.3, 0.4) is 0 Å². The molecule has 0 N–H and O–H groups in total. The fourth-order valence-corrected chi connectivity index (χ4v) is 9.83. The average molecular weight is 455 g/mol. The predicted octanol–water partition coefficient (Wildman–Crippen LogP) is 7.86. The molecule has 0 bridgehead atoms. The van der Waals surface area contributed by atoms with E-state index in [-0.39, 0.29) is 10.5 Å². The van der Waals surface area contributed by atoms with Crippen molar-refractivity contribution in [3.8, 4) is 0 Å². The van der Waals surface area contributed by atoms with Crippen LogP contribution in [0.15, 0.2) is 23.8 Å². The van der Waals surface area contributed by atoms with Crippen molar-refractivity contribution in [3.05, 3.63) is 23.8 Å². The van der Waals surface area contributed by atoms with Crippen LogP contribution in [0, 0.1) is 34.5 Å². The van der Waals surface area contributed by atoms with Crippen LogP contribution in [0.25, 0.3) is 0 Å². The van der Waals surface area contributed by atoms with E-state index < -0.39 is 8.32 Å². The molecule has 0 heterocycles. The lowest BCUT2D eigenvalue weighted by atomic mass is 9.56. The van der Waals surface area contributed by atoms with Crippen molar-refractivity contribution in [2.75, 3.05) is 0 Å². The Hall–Kier alpha value is -0.673. The van der Waals surface area contributed by atoms with E-state index in [1.54, 1.807) is 5.57 Å². The summed E-state index contributed by atoms with van der Waals surface area (Å²) in [6.45, 7) is 19.2. The van der Waals surface area contributed by atoms with Gasteiger partial charge in [0.1, 0.15) is 5.78 Å². The van der Waals surface area contributed by atoms with Gasteiger partial charge in [-0.1, -0.05) is 51.5 Å². The molecule has 5 aliphatic carbocycles. The van der Waals surface area contributed by atoms with E-state index >= 15 is 0 Å². The first-order valence-electron chi connectivity index (χ1n) is 13.4. The van der Waals surface area contributed by atoms with Gasteiger partial charge in [0.15, 0.2) is 8.32 Å². The van der Waals surface area contributed by atoms with Crippen LogP contribution in [0.5, 0.6) is 0 Å². The normalized spacial score (nSPS) is 44.3.